The number of amides is 1. The molecule has 2 aliphatic rings. The van der Waals surface area contributed by atoms with Gasteiger partial charge in [0.25, 0.3) is 15.9 Å². The zero-order valence-electron chi connectivity index (χ0n) is 14.8. The van der Waals surface area contributed by atoms with Crippen molar-refractivity contribution < 1.29 is 22.7 Å². The number of carbonyl (C=O) groups excluding carboxylic acids is 1. The number of rotatable bonds is 6. The lowest BCUT2D eigenvalue weighted by atomic mass is 10.0. The predicted molar refractivity (Wildman–Crippen MR) is 106 cm³/mol. The summed E-state index contributed by atoms with van der Waals surface area (Å²) in [6.07, 6.45) is 0. The van der Waals surface area contributed by atoms with Crippen molar-refractivity contribution in [2.24, 2.45) is 5.92 Å². The first-order valence-corrected chi connectivity index (χ1v) is 10.0. The van der Waals surface area contributed by atoms with Gasteiger partial charge in [-0.1, -0.05) is 6.07 Å². The summed E-state index contributed by atoms with van der Waals surface area (Å²) in [6, 6.07) is 10.7. The minimum atomic E-state index is -3.85. The second-order valence-electron chi connectivity index (χ2n) is 6.44. The van der Waals surface area contributed by atoms with Crippen molar-refractivity contribution in [1.82, 2.24) is 10.6 Å². The quantitative estimate of drug-likeness (QED) is 0.649. The monoisotopic (exact) mass is 425 g/mol. The van der Waals surface area contributed by atoms with Crippen LogP contribution in [0.15, 0.2) is 47.4 Å². The molecule has 0 aromatic heterocycles. The second kappa shape index (κ2) is 8.26. The summed E-state index contributed by atoms with van der Waals surface area (Å²) in [6.45, 7) is 2.44. The van der Waals surface area contributed by atoms with Crippen LogP contribution in [-0.4, -0.2) is 40.8 Å². The Morgan fingerprint density at radius 2 is 1.89 bits per heavy atom. The van der Waals surface area contributed by atoms with Crippen LogP contribution < -0.4 is 24.8 Å². The van der Waals surface area contributed by atoms with Crippen LogP contribution in [0.1, 0.15) is 10.4 Å². The van der Waals surface area contributed by atoms with E-state index in [4.69, 9.17) is 9.47 Å². The highest BCUT2D eigenvalue weighted by atomic mass is 35.5. The number of anilines is 1. The zero-order valence-corrected chi connectivity index (χ0v) is 16.4. The number of benzene rings is 2. The van der Waals surface area contributed by atoms with Crippen molar-refractivity contribution in [2.45, 2.75) is 4.90 Å². The van der Waals surface area contributed by atoms with E-state index in [1.807, 2.05) is 0 Å². The highest BCUT2D eigenvalue weighted by molar-refractivity contribution is 7.92. The molecule has 3 N–H and O–H groups in total. The van der Waals surface area contributed by atoms with Crippen LogP contribution in [-0.2, 0) is 10.0 Å². The number of hydrogen-bond acceptors (Lipinski definition) is 6. The zero-order chi connectivity index (χ0) is 18.9. The van der Waals surface area contributed by atoms with E-state index >= 15 is 0 Å². The summed E-state index contributed by atoms with van der Waals surface area (Å²) in [5.41, 5.74) is 0.655. The summed E-state index contributed by atoms with van der Waals surface area (Å²) < 4.78 is 38.3. The SMILES string of the molecule is Cl.O=C(NCC1CNC1)c1cccc(S(=O)(=O)Nc2ccc3c(c2)OCO3)c1. The lowest BCUT2D eigenvalue weighted by Crippen LogP contribution is -2.48. The van der Waals surface area contributed by atoms with Gasteiger partial charge < -0.3 is 20.1 Å². The average Bonchev–Trinajstić information content (AvgIpc) is 3.08. The molecule has 0 atom stereocenters. The van der Waals surface area contributed by atoms with Gasteiger partial charge >= 0.3 is 0 Å². The van der Waals surface area contributed by atoms with Gasteiger partial charge in [0, 0.05) is 37.2 Å². The van der Waals surface area contributed by atoms with Crippen LogP contribution in [0.5, 0.6) is 11.5 Å². The van der Waals surface area contributed by atoms with E-state index in [-0.39, 0.29) is 30.0 Å². The van der Waals surface area contributed by atoms with Crippen molar-refractivity contribution in [3.63, 3.8) is 0 Å². The molecule has 0 radical (unpaired) electrons. The number of halogens is 1. The highest BCUT2D eigenvalue weighted by Crippen LogP contribution is 2.34. The van der Waals surface area contributed by atoms with Crippen LogP contribution in [0, 0.1) is 5.92 Å². The Balaban J connectivity index is 0.00000225. The first-order chi connectivity index (χ1) is 13.0. The number of sulfonamides is 1. The van der Waals surface area contributed by atoms with Crippen molar-refractivity contribution in [2.75, 3.05) is 31.1 Å². The van der Waals surface area contributed by atoms with Crippen LogP contribution >= 0.6 is 12.4 Å². The second-order valence-corrected chi connectivity index (χ2v) is 8.12. The third kappa shape index (κ3) is 4.32. The van der Waals surface area contributed by atoms with Gasteiger partial charge in [0.05, 0.1) is 10.6 Å². The van der Waals surface area contributed by atoms with Gasteiger partial charge in [-0.15, -0.1) is 12.4 Å². The highest BCUT2D eigenvalue weighted by Gasteiger charge is 2.20. The van der Waals surface area contributed by atoms with E-state index in [0.29, 0.717) is 35.2 Å². The summed E-state index contributed by atoms with van der Waals surface area (Å²) in [4.78, 5) is 12.3. The number of ether oxygens (including phenoxy) is 2. The van der Waals surface area contributed by atoms with Crippen molar-refractivity contribution in [1.29, 1.82) is 0 Å². The summed E-state index contributed by atoms with van der Waals surface area (Å²) in [5.74, 6) is 1.18. The van der Waals surface area contributed by atoms with Gasteiger partial charge in [-0.3, -0.25) is 9.52 Å². The maximum atomic E-state index is 12.7. The molecule has 2 heterocycles. The largest absolute Gasteiger partial charge is 0.454 e. The maximum Gasteiger partial charge on any atom is 0.261 e. The fraction of sp³-hybridized carbons (Fsp3) is 0.278. The van der Waals surface area contributed by atoms with E-state index in [9.17, 15) is 13.2 Å². The molecule has 2 aromatic carbocycles. The maximum absolute atomic E-state index is 12.7. The lowest BCUT2D eigenvalue weighted by Gasteiger charge is -2.27. The topological polar surface area (TPSA) is 106 Å². The molecular weight excluding hydrogens is 406 g/mol. The molecule has 4 rings (SSSR count). The van der Waals surface area contributed by atoms with Gasteiger partial charge in [-0.25, -0.2) is 8.42 Å². The molecule has 0 unspecified atom stereocenters. The number of fused-ring (bicyclic) bond motifs is 1. The molecule has 10 heteroatoms. The number of hydrogen-bond donors (Lipinski definition) is 3. The minimum absolute atomic E-state index is 0. The minimum Gasteiger partial charge on any atom is -0.454 e. The third-order valence-corrected chi connectivity index (χ3v) is 5.83. The molecule has 1 saturated heterocycles. The van der Waals surface area contributed by atoms with Gasteiger partial charge in [-0.2, -0.15) is 0 Å². The standard InChI is InChI=1S/C18H19N3O5S.ClH/c22-18(20-10-12-8-19-9-12)13-2-1-3-15(6-13)27(23,24)21-14-4-5-16-17(7-14)26-11-25-16;/h1-7,12,19,21H,8-11H2,(H,20,22);1H. The fourth-order valence-electron chi connectivity index (χ4n) is 2.81. The van der Waals surface area contributed by atoms with E-state index in [0.717, 1.165) is 13.1 Å². The van der Waals surface area contributed by atoms with Gasteiger partial charge in [0.15, 0.2) is 11.5 Å². The fourth-order valence-corrected chi connectivity index (χ4v) is 3.91. The summed E-state index contributed by atoms with van der Waals surface area (Å²) >= 11 is 0. The van der Waals surface area contributed by atoms with Crippen molar-refractivity contribution in [3.05, 3.63) is 48.0 Å². The van der Waals surface area contributed by atoms with E-state index in [2.05, 4.69) is 15.4 Å². The Labute approximate surface area is 169 Å². The van der Waals surface area contributed by atoms with E-state index in [1.54, 1.807) is 30.3 Å². The van der Waals surface area contributed by atoms with Crippen molar-refractivity contribution in [3.8, 4) is 11.5 Å². The van der Waals surface area contributed by atoms with Gasteiger partial charge in [0.1, 0.15) is 0 Å². The molecule has 1 fully saturated rings. The van der Waals surface area contributed by atoms with Crippen LogP contribution in [0.4, 0.5) is 5.69 Å². The number of carbonyl (C=O) groups is 1. The molecule has 8 nitrogen and oxygen atoms in total. The van der Waals surface area contributed by atoms with Gasteiger partial charge in [0.2, 0.25) is 6.79 Å². The number of nitrogens with one attached hydrogen (secondary N) is 3. The molecule has 2 aliphatic heterocycles. The molecule has 0 bridgehead atoms. The van der Waals surface area contributed by atoms with Gasteiger partial charge in [-0.05, 0) is 30.3 Å². The molecule has 0 aliphatic carbocycles. The predicted octanol–water partition coefficient (Wildman–Crippen LogP) is 1.59. The molecular formula is C18H20ClN3O5S. The Morgan fingerprint density at radius 1 is 1.11 bits per heavy atom. The Hall–Kier alpha value is -2.49. The first kappa shape index (κ1) is 20.2. The first-order valence-electron chi connectivity index (χ1n) is 8.53. The Bertz CT molecular complexity index is 979. The molecule has 1 amide bonds. The van der Waals surface area contributed by atoms with Crippen LogP contribution in [0.25, 0.3) is 0 Å². The third-order valence-electron chi connectivity index (χ3n) is 4.45. The lowest BCUT2D eigenvalue weighted by molar-refractivity contribution is 0.0942. The summed E-state index contributed by atoms with van der Waals surface area (Å²) in [5, 5.41) is 5.97. The summed E-state index contributed by atoms with van der Waals surface area (Å²) in [7, 11) is -3.85. The van der Waals surface area contributed by atoms with Crippen LogP contribution in [0.3, 0.4) is 0 Å². The molecule has 0 saturated carbocycles. The van der Waals surface area contributed by atoms with Crippen LogP contribution in [0.2, 0.25) is 0 Å². The molecule has 2 aromatic rings. The smallest absolute Gasteiger partial charge is 0.261 e. The normalized spacial score (nSPS) is 15.3. The Kier molecular flexibility index (Phi) is 5.97. The van der Waals surface area contributed by atoms with E-state index < -0.39 is 10.0 Å². The molecule has 28 heavy (non-hydrogen) atoms. The molecule has 0 spiro atoms. The van der Waals surface area contributed by atoms with Crippen molar-refractivity contribution >= 4 is 34.0 Å². The van der Waals surface area contributed by atoms with E-state index in [1.165, 1.54) is 12.1 Å². The molecule has 150 valence electrons. The Morgan fingerprint density at radius 3 is 2.64 bits per heavy atom. The average molecular weight is 426 g/mol.